The second-order valence-electron chi connectivity index (χ2n) is 9.95. The molecular formula is C31H27FN6O. The zero-order valence-electron chi connectivity index (χ0n) is 21.3. The molecular weight excluding hydrogens is 491 g/mol. The highest BCUT2D eigenvalue weighted by molar-refractivity contribution is 6.01. The summed E-state index contributed by atoms with van der Waals surface area (Å²) in [6, 6.07) is 19.0. The van der Waals surface area contributed by atoms with E-state index in [1.54, 1.807) is 18.5 Å². The highest BCUT2D eigenvalue weighted by Gasteiger charge is 2.16. The Kier molecular flexibility index (Phi) is 6.01. The lowest BCUT2D eigenvalue weighted by Crippen LogP contribution is -2.25. The van der Waals surface area contributed by atoms with Crippen molar-refractivity contribution in [3.63, 3.8) is 0 Å². The third-order valence-electron chi connectivity index (χ3n) is 7.41. The molecule has 2 N–H and O–H groups in total. The van der Waals surface area contributed by atoms with Gasteiger partial charge in [0, 0.05) is 53.1 Å². The molecule has 8 heteroatoms. The summed E-state index contributed by atoms with van der Waals surface area (Å²) in [6.45, 7) is 3.63. The van der Waals surface area contributed by atoms with Gasteiger partial charge in [0.2, 0.25) is 0 Å². The van der Waals surface area contributed by atoms with E-state index < -0.39 is 0 Å². The zero-order chi connectivity index (χ0) is 26.2. The molecule has 0 amide bonds. The van der Waals surface area contributed by atoms with Gasteiger partial charge in [0.05, 0.1) is 5.69 Å². The molecule has 0 saturated carbocycles. The molecule has 194 valence electrons. The molecule has 0 atom stereocenters. The maximum absolute atomic E-state index is 14.7. The summed E-state index contributed by atoms with van der Waals surface area (Å²) in [4.78, 5) is 14.6. The van der Waals surface area contributed by atoms with E-state index in [0.29, 0.717) is 18.0 Å². The topological polar surface area (TPSA) is 82.7 Å². The van der Waals surface area contributed by atoms with Crippen molar-refractivity contribution >= 4 is 21.9 Å². The van der Waals surface area contributed by atoms with E-state index in [9.17, 15) is 4.39 Å². The molecule has 1 aliphatic heterocycles. The number of benzene rings is 2. The average molecular weight is 519 g/mol. The van der Waals surface area contributed by atoms with Gasteiger partial charge in [-0.25, -0.2) is 9.37 Å². The van der Waals surface area contributed by atoms with Gasteiger partial charge in [0.25, 0.3) is 0 Å². The van der Waals surface area contributed by atoms with Crippen molar-refractivity contribution in [3.05, 3.63) is 85.1 Å². The van der Waals surface area contributed by atoms with Crippen molar-refractivity contribution in [2.45, 2.75) is 12.8 Å². The molecule has 0 radical (unpaired) electrons. The molecule has 7 rings (SSSR count). The van der Waals surface area contributed by atoms with Crippen LogP contribution in [0.4, 0.5) is 4.39 Å². The van der Waals surface area contributed by atoms with Crippen molar-refractivity contribution in [1.29, 1.82) is 0 Å². The summed E-state index contributed by atoms with van der Waals surface area (Å²) in [5.41, 5.74) is 7.01. The number of likely N-dealkylation sites (tertiary alicyclic amines) is 1. The van der Waals surface area contributed by atoms with Gasteiger partial charge in [-0.15, -0.1) is 0 Å². The van der Waals surface area contributed by atoms with Crippen molar-refractivity contribution in [1.82, 2.24) is 30.0 Å². The maximum atomic E-state index is 14.7. The zero-order valence-corrected chi connectivity index (χ0v) is 21.3. The Balaban J connectivity index is 1.23. The molecule has 0 aliphatic carbocycles. The van der Waals surface area contributed by atoms with Gasteiger partial charge in [0.15, 0.2) is 5.65 Å². The van der Waals surface area contributed by atoms with Crippen molar-refractivity contribution in [2.75, 3.05) is 26.2 Å². The Hall–Kier alpha value is -4.56. The first-order valence-electron chi connectivity index (χ1n) is 13.2. The fraction of sp³-hybridized carbons (Fsp3) is 0.194. The number of nitrogens with one attached hydrogen (secondary N) is 2. The highest BCUT2D eigenvalue weighted by atomic mass is 19.1. The Morgan fingerprint density at radius 1 is 0.897 bits per heavy atom. The number of aromatic amines is 2. The van der Waals surface area contributed by atoms with Crippen LogP contribution in [0.15, 0.2) is 79.3 Å². The van der Waals surface area contributed by atoms with Crippen LogP contribution in [0.5, 0.6) is 5.75 Å². The van der Waals surface area contributed by atoms with E-state index in [-0.39, 0.29) is 5.82 Å². The van der Waals surface area contributed by atoms with Gasteiger partial charge >= 0.3 is 0 Å². The van der Waals surface area contributed by atoms with Crippen molar-refractivity contribution in [2.24, 2.45) is 0 Å². The van der Waals surface area contributed by atoms with E-state index in [1.807, 2.05) is 42.6 Å². The smallest absolute Gasteiger partial charge is 0.155 e. The first-order chi connectivity index (χ1) is 19.2. The summed E-state index contributed by atoms with van der Waals surface area (Å²) < 4.78 is 20.7. The summed E-state index contributed by atoms with van der Waals surface area (Å²) in [7, 11) is 0. The van der Waals surface area contributed by atoms with E-state index in [2.05, 4.69) is 42.2 Å². The van der Waals surface area contributed by atoms with Gasteiger partial charge in [-0.1, -0.05) is 12.1 Å². The number of pyridine rings is 2. The molecule has 0 unspecified atom stereocenters. The lowest BCUT2D eigenvalue weighted by molar-refractivity contribution is 0.237. The molecule has 0 bridgehead atoms. The minimum Gasteiger partial charge on any atom is -0.492 e. The van der Waals surface area contributed by atoms with Crippen molar-refractivity contribution in [3.8, 4) is 39.4 Å². The number of fused-ring (bicyclic) bond motifs is 2. The molecule has 6 aromatic rings. The maximum Gasteiger partial charge on any atom is 0.155 e. The van der Waals surface area contributed by atoms with Crippen LogP contribution < -0.4 is 4.74 Å². The minimum atomic E-state index is -0.315. The number of H-pyrrole nitrogens is 2. The lowest BCUT2D eigenvalue weighted by Gasteiger charge is -2.15. The third-order valence-corrected chi connectivity index (χ3v) is 7.41. The van der Waals surface area contributed by atoms with E-state index >= 15 is 0 Å². The quantitative estimate of drug-likeness (QED) is 0.254. The van der Waals surface area contributed by atoms with Crippen LogP contribution >= 0.6 is 0 Å². The minimum absolute atomic E-state index is 0.315. The molecule has 1 fully saturated rings. The van der Waals surface area contributed by atoms with Gasteiger partial charge in [-0.05, 0) is 85.1 Å². The Morgan fingerprint density at radius 2 is 1.77 bits per heavy atom. The van der Waals surface area contributed by atoms with E-state index in [4.69, 9.17) is 4.74 Å². The summed E-state index contributed by atoms with van der Waals surface area (Å²) in [5.74, 6) is 0.231. The SMILES string of the molecule is Fc1cc(OCCN2CCCC2)cc(-c2cccc3[nH]c(-c4n[nH]c5ncc(-c6ccncc6)cc45)cc23)c1. The fourth-order valence-corrected chi connectivity index (χ4v) is 5.45. The predicted molar refractivity (Wildman–Crippen MR) is 151 cm³/mol. The van der Waals surface area contributed by atoms with E-state index in [1.165, 1.54) is 18.9 Å². The van der Waals surface area contributed by atoms with E-state index in [0.717, 1.165) is 69.6 Å². The number of hydrogen-bond acceptors (Lipinski definition) is 5. The molecule has 0 spiro atoms. The van der Waals surface area contributed by atoms with Gasteiger partial charge in [-0.2, -0.15) is 5.10 Å². The van der Waals surface area contributed by atoms with Gasteiger partial charge < -0.3 is 9.72 Å². The first-order valence-corrected chi connectivity index (χ1v) is 13.2. The molecule has 2 aromatic carbocycles. The standard InChI is InChI=1S/C31H27FN6O/c32-23-14-21(15-24(17-23)39-13-12-38-10-1-2-11-38)25-4-3-5-28-26(25)18-29(35-28)30-27-16-22(19-34-31(27)37-36-30)20-6-8-33-9-7-20/h3-9,14-19,35H,1-2,10-13H2,(H,34,36,37). The lowest BCUT2D eigenvalue weighted by atomic mass is 10.0. The number of aromatic nitrogens is 5. The molecule has 7 nitrogen and oxygen atoms in total. The Labute approximate surface area is 224 Å². The Morgan fingerprint density at radius 3 is 2.64 bits per heavy atom. The van der Waals surface area contributed by atoms with Crippen LogP contribution in [0.2, 0.25) is 0 Å². The van der Waals surface area contributed by atoms with Crippen molar-refractivity contribution < 1.29 is 9.13 Å². The highest BCUT2D eigenvalue weighted by Crippen LogP contribution is 2.36. The van der Waals surface area contributed by atoms with Gasteiger partial charge in [0.1, 0.15) is 23.9 Å². The summed E-state index contributed by atoms with van der Waals surface area (Å²) in [6.07, 6.45) is 7.85. The number of hydrogen-bond donors (Lipinski definition) is 2. The molecule has 4 aromatic heterocycles. The van der Waals surface area contributed by atoms with Crippen LogP contribution in [0.25, 0.3) is 55.6 Å². The number of rotatable bonds is 7. The third kappa shape index (κ3) is 4.64. The molecule has 1 aliphatic rings. The number of ether oxygens (including phenoxy) is 1. The second-order valence-corrected chi connectivity index (χ2v) is 9.95. The monoisotopic (exact) mass is 518 g/mol. The fourth-order valence-electron chi connectivity index (χ4n) is 5.45. The van der Waals surface area contributed by atoms with Gasteiger partial charge in [-0.3, -0.25) is 15.0 Å². The average Bonchev–Trinajstić information content (AvgIpc) is 3.72. The Bertz CT molecular complexity index is 1770. The summed E-state index contributed by atoms with van der Waals surface area (Å²) in [5, 5.41) is 9.52. The molecule has 5 heterocycles. The van der Waals surface area contributed by atoms with Crippen LogP contribution in [-0.4, -0.2) is 56.3 Å². The number of halogens is 1. The first kappa shape index (κ1) is 23.5. The van der Waals surface area contributed by atoms with Crippen LogP contribution in [0.3, 0.4) is 0 Å². The normalized spacial score (nSPS) is 14.0. The molecule has 1 saturated heterocycles. The van der Waals surface area contributed by atoms with Crippen LogP contribution in [0, 0.1) is 5.82 Å². The van der Waals surface area contributed by atoms with Crippen LogP contribution in [-0.2, 0) is 0 Å². The van der Waals surface area contributed by atoms with Crippen LogP contribution in [0.1, 0.15) is 12.8 Å². The number of nitrogens with zero attached hydrogens (tertiary/aromatic N) is 4. The molecule has 39 heavy (non-hydrogen) atoms. The largest absolute Gasteiger partial charge is 0.492 e. The predicted octanol–water partition coefficient (Wildman–Crippen LogP) is 6.45. The summed E-state index contributed by atoms with van der Waals surface area (Å²) >= 11 is 0. The second kappa shape index (κ2) is 9.96.